The Kier molecular flexibility index (Phi) is 5.60. The highest BCUT2D eigenvalue weighted by Gasteiger charge is 2.30. The number of aromatic nitrogens is 2. The average molecular weight is 410 g/mol. The van der Waals surface area contributed by atoms with Crippen molar-refractivity contribution in [2.45, 2.75) is 13.1 Å². The van der Waals surface area contributed by atoms with E-state index in [9.17, 15) is 18.0 Å². The lowest BCUT2D eigenvalue weighted by molar-refractivity contribution is -0.137. The Balaban J connectivity index is 2.00. The molecule has 0 bridgehead atoms. The molecule has 0 aliphatic heterocycles. The zero-order valence-electron chi connectivity index (χ0n) is 14.6. The summed E-state index contributed by atoms with van der Waals surface area (Å²) in [7, 11) is 0. The maximum atomic E-state index is 12.8. The number of alkyl halides is 3. The van der Waals surface area contributed by atoms with E-state index in [1.54, 1.807) is 31.2 Å². The van der Waals surface area contributed by atoms with E-state index in [1.165, 1.54) is 23.0 Å². The highest BCUT2D eigenvalue weighted by atomic mass is 35.5. The van der Waals surface area contributed by atoms with Crippen molar-refractivity contribution in [3.8, 4) is 11.6 Å². The number of rotatable bonds is 5. The summed E-state index contributed by atoms with van der Waals surface area (Å²) in [5.74, 6) is 0.165. The van der Waals surface area contributed by atoms with Crippen LogP contribution < -0.4 is 10.3 Å². The number of halogens is 4. The molecule has 1 aromatic heterocycles. The lowest BCUT2D eigenvalue weighted by Crippen LogP contribution is -2.17. The van der Waals surface area contributed by atoms with Crippen molar-refractivity contribution in [3.05, 3.63) is 75.0 Å². The van der Waals surface area contributed by atoms with Gasteiger partial charge < -0.3 is 4.74 Å². The predicted molar refractivity (Wildman–Crippen MR) is 101 cm³/mol. The van der Waals surface area contributed by atoms with E-state index in [-0.39, 0.29) is 23.7 Å². The Morgan fingerprint density at radius 3 is 2.57 bits per heavy atom. The minimum absolute atomic E-state index is 0.0657. The first-order chi connectivity index (χ1) is 13.3. The molecule has 3 aromatic rings. The van der Waals surface area contributed by atoms with Crippen LogP contribution >= 0.6 is 11.6 Å². The molecule has 1 N–H and O–H groups in total. The van der Waals surface area contributed by atoms with E-state index < -0.39 is 17.3 Å². The van der Waals surface area contributed by atoms with Gasteiger partial charge in [0.15, 0.2) is 0 Å². The molecule has 0 saturated carbocycles. The van der Waals surface area contributed by atoms with Crippen LogP contribution in [0.15, 0.2) is 58.3 Å². The highest BCUT2D eigenvalue weighted by molar-refractivity contribution is 6.30. The number of nitrogens with one attached hydrogen (secondary N) is 1. The molecule has 0 aliphatic carbocycles. The molecule has 0 aliphatic rings. The smallest absolute Gasteiger partial charge is 0.416 e. The zero-order chi connectivity index (χ0) is 20.3. The molecule has 0 unspecified atom stereocenters. The third-order valence-corrected chi connectivity index (χ3v) is 4.03. The van der Waals surface area contributed by atoms with Gasteiger partial charge in [-0.05, 0) is 49.4 Å². The molecule has 0 spiro atoms. The van der Waals surface area contributed by atoms with Gasteiger partial charge in [-0.15, -0.1) is 0 Å². The normalized spacial score (nSPS) is 11.9. The van der Waals surface area contributed by atoms with Gasteiger partial charge in [0.05, 0.1) is 23.5 Å². The summed E-state index contributed by atoms with van der Waals surface area (Å²) >= 11 is 5.86. The molecule has 0 saturated heterocycles. The monoisotopic (exact) mass is 409 g/mol. The molecule has 2 aromatic carbocycles. The maximum Gasteiger partial charge on any atom is 0.416 e. The Morgan fingerprint density at radius 1 is 1.21 bits per heavy atom. The quantitative estimate of drug-likeness (QED) is 0.604. The van der Waals surface area contributed by atoms with Gasteiger partial charge in [-0.1, -0.05) is 17.7 Å². The lowest BCUT2D eigenvalue weighted by atomic mass is 10.2. The first-order valence-electron chi connectivity index (χ1n) is 8.24. The highest BCUT2D eigenvalue weighted by Crippen LogP contribution is 2.31. The molecule has 5 nitrogen and oxygen atoms in total. The summed E-state index contributed by atoms with van der Waals surface area (Å²) in [5, 5.41) is 3.34. The number of nitrogens with zero attached hydrogens (tertiary/aromatic N) is 2. The predicted octanol–water partition coefficient (Wildman–Crippen LogP) is 4.99. The van der Waals surface area contributed by atoms with Gasteiger partial charge in [0, 0.05) is 11.2 Å². The van der Waals surface area contributed by atoms with E-state index in [1.807, 2.05) is 0 Å². The van der Waals surface area contributed by atoms with Crippen molar-refractivity contribution < 1.29 is 17.9 Å². The van der Waals surface area contributed by atoms with Gasteiger partial charge in [-0.3, -0.25) is 14.9 Å². The minimum Gasteiger partial charge on any atom is -0.478 e. The molecule has 146 valence electrons. The van der Waals surface area contributed by atoms with Gasteiger partial charge in [0.1, 0.15) is 5.56 Å². The van der Waals surface area contributed by atoms with E-state index >= 15 is 0 Å². The van der Waals surface area contributed by atoms with E-state index in [2.05, 4.69) is 10.1 Å². The molecular formula is C19H15ClF3N3O2. The fraction of sp³-hybridized carbons (Fsp3) is 0.158. The number of H-pyrrole nitrogens is 1. The standard InChI is InChI=1S/C19H15ClF3N3O2/c1-2-28-17-16(11-24-14-5-3-4-12(10-14)19(21,22)23)18(27)26(25-17)15-8-6-13(20)7-9-15/h3-11,25H,2H2,1H3. The van der Waals surface area contributed by atoms with Crippen LogP contribution in [-0.2, 0) is 6.18 Å². The summed E-state index contributed by atoms with van der Waals surface area (Å²) in [6, 6.07) is 11.1. The van der Waals surface area contributed by atoms with Crippen LogP contribution in [-0.4, -0.2) is 22.6 Å². The van der Waals surface area contributed by atoms with Crippen molar-refractivity contribution in [3.63, 3.8) is 0 Å². The number of hydrogen-bond acceptors (Lipinski definition) is 3. The van der Waals surface area contributed by atoms with Crippen LogP contribution in [0, 0.1) is 0 Å². The van der Waals surface area contributed by atoms with Crippen LogP contribution in [0.1, 0.15) is 18.1 Å². The van der Waals surface area contributed by atoms with Crippen molar-refractivity contribution in [1.82, 2.24) is 9.78 Å². The minimum atomic E-state index is -4.47. The van der Waals surface area contributed by atoms with Gasteiger partial charge in [0.25, 0.3) is 5.56 Å². The summed E-state index contributed by atoms with van der Waals surface area (Å²) in [6.07, 6.45) is -3.29. The van der Waals surface area contributed by atoms with Crippen LogP contribution in [0.2, 0.25) is 5.02 Å². The number of hydrogen-bond donors (Lipinski definition) is 1. The maximum absolute atomic E-state index is 12.8. The molecular weight excluding hydrogens is 395 g/mol. The van der Waals surface area contributed by atoms with Gasteiger partial charge in [-0.25, -0.2) is 4.68 Å². The molecule has 0 radical (unpaired) electrons. The largest absolute Gasteiger partial charge is 0.478 e. The third-order valence-electron chi connectivity index (χ3n) is 3.78. The summed E-state index contributed by atoms with van der Waals surface area (Å²) in [4.78, 5) is 16.8. The second kappa shape index (κ2) is 7.93. The number of aliphatic imine (C=N–C) groups is 1. The van der Waals surface area contributed by atoms with Gasteiger partial charge in [0.2, 0.25) is 5.88 Å². The topological polar surface area (TPSA) is 59.4 Å². The molecule has 0 fully saturated rings. The molecule has 9 heteroatoms. The van der Waals surface area contributed by atoms with E-state index in [0.29, 0.717) is 10.7 Å². The Morgan fingerprint density at radius 2 is 1.93 bits per heavy atom. The molecule has 0 atom stereocenters. The summed E-state index contributed by atoms with van der Waals surface area (Å²) in [5.41, 5.74) is -0.597. The average Bonchev–Trinajstić information content (AvgIpc) is 2.96. The zero-order valence-corrected chi connectivity index (χ0v) is 15.4. The van der Waals surface area contributed by atoms with Gasteiger partial charge in [-0.2, -0.15) is 13.2 Å². The second-order valence-corrected chi connectivity index (χ2v) is 6.15. The van der Waals surface area contributed by atoms with Crippen molar-refractivity contribution in [1.29, 1.82) is 0 Å². The van der Waals surface area contributed by atoms with E-state index in [4.69, 9.17) is 16.3 Å². The van der Waals surface area contributed by atoms with Crippen LogP contribution in [0.4, 0.5) is 18.9 Å². The number of ether oxygens (including phenoxy) is 1. The first kappa shape index (κ1) is 19.8. The molecule has 0 amide bonds. The Bertz CT molecular complexity index is 1050. The van der Waals surface area contributed by atoms with Crippen molar-refractivity contribution in [2.75, 3.05) is 6.61 Å². The summed E-state index contributed by atoms with van der Waals surface area (Å²) in [6.45, 7) is 2.02. The lowest BCUT2D eigenvalue weighted by Gasteiger charge is -2.06. The van der Waals surface area contributed by atoms with Crippen molar-refractivity contribution in [2.24, 2.45) is 4.99 Å². The van der Waals surface area contributed by atoms with Crippen molar-refractivity contribution >= 4 is 23.5 Å². The molecule has 28 heavy (non-hydrogen) atoms. The van der Waals surface area contributed by atoms with Crippen LogP contribution in [0.25, 0.3) is 5.69 Å². The van der Waals surface area contributed by atoms with Gasteiger partial charge >= 0.3 is 6.18 Å². The van der Waals surface area contributed by atoms with E-state index in [0.717, 1.165) is 12.1 Å². The fourth-order valence-corrected chi connectivity index (χ4v) is 2.60. The third kappa shape index (κ3) is 4.28. The summed E-state index contributed by atoms with van der Waals surface area (Å²) < 4.78 is 45.2. The van der Waals surface area contributed by atoms with Crippen LogP contribution in [0.5, 0.6) is 5.88 Å². The first-order valence-corrected chi connectivity index (χ1v) is 8.62. The molecule has 3 rings (SSSR count). The SMILES string of the molecule is CCOc1[nH]n(-c2ccc(Cl)cc2)c(=O)c1C=Nc1cccc(C(F)(F)F)c1. The number of benzene rings is 2. The fourth-order valence-electron chi connectivity index (χ4n) is 2.47. The second-order valence-electron chi connectivity index (χ2n) is 5.71. The van der Waals surface area contributed by atoms with Crippen LogP contribution in [0.3, 0.4) is 0 Å². The Labute approximate surface area is 163 Å². The number of aromatic amines is 1. The Hall–Kier alpha value is -3.00. The molecule has 1 heterocycles.